The van der Waals surface area contributed by atoms with E-state index in [1.807, 2.05) is 18.4 Å². The number of allylic oxidation sites excluding steroid dienone is 2. The van der Waals surface area contributed by atoms with E-state index >= 15 is 0 Å². The Morgan fingerprint density at radius 2 is 2.56 bits per heavy atom. The standard InChI is InChI=1S/C12H16BrN3O2/c1-9(6-14)18-12(3-2-10(13)7-16-12)11-8-17-5-4-15-11/h2-3,7,9,11,15-16H,4-5,8H2,1H3. The van der Waals surface area contributed by atoms with Crippen molar-refractivity contribution in [2.45, 2.75) is 24.8 Å². The zero-order chi connectivity index (χ0) is 13.0. The number of nitrogens with one attached hydrogen (secondary N) is 2. The van der Waals surface area contributed by atoms with E-state index in [0.717, 1.165) is 11.0 Å². The summed E-state index contributed by atoms with van der Waals surface area (Å²) in [6, 6.07) is 2.06. The van der Waals surface area contributed by atoms with Crippen molar-refractivity contribution in [1.82, 2.24) is 10.6 Å². The summed E-state index contributed by atoms with van der Waals surface area (Å²) in [5.74, 6) is 0. The van der Waals surface area contributed by atoms with Gasteiger partial charge in [0.25, 0.3) is 0 Å². The molecular weight excluding hydrogens is 298 g/mol. The molecule has 6 heteroatoms. The van der Waals surface area contributed by atoms with Crippen LogP contribution in [0.2, 0.25) is 0 Å². The van der Waals surface area contributed by atoms with Crippen molar-refractivity contribution in [3.05, 3.63) is 22.8 Å². The van der Waals surface area contributed by atoms with Crippen LogP contribution in [0.25, 0.3) is 0 Å². The summed E-state index contributed by atoms with van der Waals surface area (Å²) in [7, 11) is 0. The van der Waals surface area contributed by atoms with E-state index in [9.17, 15) is 0 Å². The van der Waals surface area contributed by atoms with Crippen LogP contribution in [0.4, 0.5) is 0 Å². The first-order valence-electron chi connectivity index (χ1n) is 5.87. The smallest absolute Gasteiger partial charge is 0.177 e. The van der Waals surface area contributed by atoms with Gasteiger partial charge in [0.1, 0.15) is 6.10 Å². The fourth-order valence-electron chi connectivity index (χ4n) is 2.01. The van der Waals surface area contributed by atoms with Gasteiger partial charge in [0.2, 0.25) is 0 Å². The monoisotopic (exact) mass is 313 g/mol. The summed E-state index contributed by atoms with van der Waals surface area (Å²) in [6.07, 6.45) is 5.14. The number of hydrogen-bond donors (Lipinski definition) is 2. The van der Waals surface area contributed by atoms with Gasteiger partial charge in [-0.3, -0.25) is 0 Å². The molecule has 2 heterocycles. The molecule has 2 aliphatic rings. The first-order valence-corrected chi connectivity index (χ1v) is 6.67. The van der Waals surface area contributed by atoms with Gasteiger partial charge in [-0.1, -0.05) is 0 Å². The van der Waals surface area contributed by atoms with Crippen LogP contribution in [0.3, 0.4) is 0 Å². The van der Waals surface area contributed by atoms with Crippen molar-refractivity contribution in [2.24, 2.45) is 0 Å². The average Bonchev–Trinajstić information content (AvgIpc) is 2.42. The van der Waals surface area contributed by atoms with Crippen LogP contribution >= 0.6 is 15.9 Å². The highest BCUT2D eigenvalue weighted by atomic mass is 79.9. The van der Waals surface area contributed by atoms with Gasteiger partial charge in [0.05, 0.1) is 25.3 Å². The Morgan fingerprint density at radius 1 is 1.72 bits per heavy atom. The highest BCUT2D eigenvalue weighted by molar-refractivity contribution is 9.11. The molecule has 2 aliphatic heterocycles. The second-order valence-corrected chi connectivity index (χ2v) is 5.19. The van der Waals surface area contributed by atoms with Crippen LogP contribution in [0.1, 0.15) is 6.92 Å². The molecule has 0 radical (unpaired) electrons. The van der Waals surface area contributed by atoms with Gasteiger partial charge in [-0.05, 0) is 35.0 Å². The molecule has 2 rings (SSSR count). The van der Waals surface area contributed by atoms with Crippen LogP contribution in [0.15, 0.2) is 22.8 Å². The Kier molecular flexibility index (Phi) is 4.40. The molecule has 18 heavy (non-hydrogen) atoms. The fraction of sp³-hybridized carbons (Fsp3) is 0.583. The summed E-state index contributed by atoms with van der Waals surface area (Å²) < 4.78 is 12.3. The average molecular weight is 314 g/mol. The first kappa shape index (κ1) is 13.6. The van der Waals surface area contributed by atoms with Crippen molar-refractivity contribution in [3.8, 4) is 6.07 Å². The lowest BCUT2D eigenvalue weighted by atomic mass is 10.0. The molecular formula is C12H16BrN3O2. The quantitative estimate of drug-likeness (QED) is 0.813. The number of hydrogen-bond acceptors (Lipinski definition) is 5. The first-order chi connectivity index (χ1) is 8.66. The third kappa shape index (κ3) is 2.93. The van der Waals surface area contributed by atoms with Crippen LogP contribution in [-0.2, 0) is 9.47 Å². The normalized spacial score (nSPS) is 33.2. The van der Waals surface area contributed by atoms with E-state index in [4.69, 9.17) is 14.7 Å². The van der Waals surface area contributed by atoms with Crippen molar-refractivity contribution in [2.75, 3.05) is 19.8 Å². The Labute approximate surface area is 115 Å². The summed E-state index contributed by atoms with van der Waals surface area (Å²) in [6.45, 7) is 3.75. The van der Waals surface area contributed by atoms with Gasteiger partial charge in [0.15, 0.2) is 5.72 Å². The van der Waals surface area contributed by atoms with Crippen molar-refractivity contribution in [3.63, 3.8) is 0 Å². The third-order valence-electron chi connectivity index (χ3n) is 2.92. The van der Waals surface area contributed by atoms with Crippen LogP contribution in [-0.4, -0.2) is 37.6 Å². The molecule has 3 unspecified atom stereocenters. The molecule has 0 saturated carbocycles. The number of ether oxygens (including phenoxy) is 2. The number of nitrogens with zero attached hydrogens (tertiary/aromatic N) is 1. The zero-order valence-electron chi connectivity index (χ0n) is 10.1. The maximum atomic E-state index is 8.93. The lowest BCUT2D eigenvalue weighted by molar-refractivity contribution is -0.0984. The van der Waals surface area contributed by atoms with Crippen LogP contribution in [0, 0.1) is 11.3 Å². The SMILES string of the molecule is CC(C#N)OC1(C2COCCN2)C=CC(Br)=CN1. The molecule has 0 aromatic carbocycles. The largest absolute Gasteiger partial charge is 0.378 e. The second-order valence-electron chi connectivity index (χ2n) is 4.27. The highest BCUT2D eigenvalue weighted by Gasteiger charge is 2.40. The molecule has 0 bridgehead atoms. The van der Waals surface area contributed by atoms with Gasteiger partial charge in [-0.2, -0.15) is 5.26 Å². The van der Waals surface area contributed by atoms with Gasteiger partial charge < -0.3 is 20.1 Å². The summed E-state index contributed by atoms with van der Waals surface area (Å²) >= 11 is 3.39. The molecule has 2 N–H and O–H groups in total. The van der Waals surface area contributed by atoms with Crippen LogP contribution in [0.5, 0.6) is 0 Å². The van der Waals surface area contributed by atoms with Crippen molar-refractivity contribution < 1.29 is 9.47 Å². The number of rotatable bonds is 3. The minimum Gasteiger partial charge on any atom is -0.378 e. The number of nitriles is 1. The van der Waals surface area contributed by atoms with Gasteiger partial charge in [-0.15, -0.1) is 0 Å². The molecule has 0 amide bonds. The minimum absolute atomic E-state index is 0.0323. The van der Waals surface area contributed by atoms with E-state index in [1.165, 1.54) is 0 Å². The second kappa shape index (κ2) is 5.85. The molecule has 0 aromatic rings. The lowest BCUT2D eigenvalue weighted by Crippen LogP contribution is -2.64. The predicted molar refractivity (Wildman–Crippen MR) is 70.8 cm³/mol. The zero-order valence-corrected chi connectivity index (χ0v) is 11.7. The Balaban J connectivity index is 2.17. The lowest BCUT2D eigenvalue weighted by Gasteiger charge is -2.42. The maximum absolute atomic E-state index is 8.93. The molecule has 0 spiro atoms. The highest BCUT2D eigenvalue weighted by Crippen LogP contribution is 2.25. The Hall–Kier alpha value is -0.870. The van der Waals surface area contributed by atoms with E-state index in [1.54, 1.807) is 6.92 Å². The van der Waals surface area contributed by atoms with Crippen LogP contribution < -0.4 is 10.6 Å². The molecule has 0 aliphatic carbocycles. The number of morpholine rings is 1. The Morgan fingerprint density at radius 3 is 3.11 bits per heavy atom. The number of dihydropyridines is 1. The fourth-order valence-corrected chi connectivity index (χ4v) is 2.26. The summed E-state index contributed by atoms with van der Waals surface area (Å²) in [5, 5.41) is 15.5. The Bertz CT molecular complexity index is 399. The maximum Gasteiger partial charge on any atom is 0.177 e. The van der Waals surface area contributed by atoms with Gasteiger partial charge >= 0.3 is 0 Å². The summed E-state index contributed by atoms with van der Waals surface area (Å²) in [5.41, 5.74) is -0.743. The van der Waals surface area contributed by atoms with E-state index in [2.05, 4.69) is 32.6 Å². The molecule has 1 saturated heterocycles. The molecule has 98 valence electrons. The van der Waals surface area contributed by atoms with E-state index in [0.29, 0.717) is 13.2 Å². The molecule has 0 aromatic heterocycles. The van der Waals surface area contributed by atoms with Gasteiger partial charge in [0, 0.05) is 17.2 Å². The third-order valence-corrected chi connectivity index (χ3v) is 3.41. The predicted octanol–water partition coefficient (Wildman–Crippen LogP) is 0.995. The number of halogens is 1. The molecule has 3 atom stereocenters. The van der Waals surface area contributed by atoms with Crippen molar-refractivity contribution >= 4 is 15.9 Å². The molecule has 5 nitrogen and oxygen atoms in total. The summed E-state index contributed by atoms with van der Waals surface area (Å²) in [4.78, 5) is 0. The van der Waals surface area contributed by atoms with E-state index < -0.39 is 11.8 Å². The molecule has 1 fully saturated rings. The minimum atomic E-state index is -0.743. The van der Waals surface area contributed by atoms with Crippen molar-refractivity contribution in [1.29, 1.82) is 5.26 Å². The van der Waals surface area contributed by atoms with Gasteiger partial charge in [-0.25, -0.2) is 0 Å². The topological polar surface area (TPSA) is 66.3 Å². The van der Waals surface area contributed by atoms with E-state index in [-0.39, 0.29) is 6.04 Å².